The number of nitrogens with one attached hydrogen (secondary N) is 2. The monoisotopic (exact) mass is 342 g/mol. The Balaban J connectivity index is 1.75. The van der Waals surface area contributed by atoms with Crippen LogP contribution in [0.5, 0.6) is 11.5 Å². The van der Waals surface area contributed by atoms with E-state index in [1.165, 1.54) is 0 Å². The van der Waals surface area contributed by atoms with Gasteiger partial charge in [-0.15, -0.1) is 0 Å². The molecular formula is C19H22N2O4. The van der Waals surface area contributed by atoms with E-state index in [1.54, 1.807) is 31.4 Å². The Morgan fingerprint density at radius 1 is 0.920 bits per heavy atom. The van der Waals surface area contributed by atoms with Crippen LogP contribution in [0.4, 0.5) is 0 Å². The van der Waals surface area contributed by atoms with Gasteiger partial charge in [-0.2, -0.15) is 0 Å². The number of hydrogen-bond acceptors (Lipinski definition) is 4. The molecule has 0 spiro atoms. The molecule has 2 N–H and O–H groups in total. The third-order valence-corrected chi connectivity index (χ3v) is 3.54. The predicted molar refractivity (Wildman–Crippen MR) is 94.5 cm³/mol. The first-order valence-corrected chi connectivity index (χ1v) is 8.07. The van der Waals surface area contributed by atoms with E-state index >= 15 is 0 Å². The highest BCUT2D eigenvalue weighted by atomic mass is 16.5. The van der Waals surface area contributed by atoms with Crippen LogP contribution < -0.4 is 20.3 Å². The van der Waals surface area contributed by atoms with Gasteiger partial charge in [-0.1, -0.05) is 12.1 Å². The lowest BCUT2D eigenvalue weighted by atomic mass is 10.1. The lowest BCUT2D eigenvalue weighted by Gasteiger charge is -2.08. The van der Waals surface area contributed by atoms with Gasteiger partial charge in [0, 0.05) is 12.0 Å². The van der Waals surface area contributed by atoms with Gasteiger partial charge in [-0.25, -0.2) is 0 Å². The van der Waals surface area contributed by atoms with E-state index < -0.39 is 0 Å². The zero-order chi connectivity index (χ0) is 18.1. The number of carbonyl (C=O) groups is 2. The van der Waals surface area contributed by atoms with E-state index in [2.05, 4.69) is 10.9 Å². The second-order valence-electron chi connectivity index (χ2n) is 5.31. The van der Waals surface area contributed by atoms with Gasteiger partial charge in [0.2, 0.25) is 5.91 Å². The molecule has 0 radical (unpaired) electrons. The molecule has 0 unspecified atom stereocenters. The van der Waals surface area contributed by atoms with Crippen molar-refractivity contribution >= 4 is 11.8 Å². The molecule has 0 aliphatic heterocycles. The molecule has 0 saturated heterocycles. The molecule has 132 valence electrons. The Labute approximate surface area is 147 Å². The van der Waals surface area contributed by atoms with Crippen LogP contribution in [0.1, 0.15) is 29.3 Å². The second-order valence-corrected chi connectivity index (χ2v) is 5.31. The number of amides is 2. The van der Waals surface area contributed by atoms with Crippen LogP contribution in [0, 0.1) is 0 Å². The van der Waals surface area contributed by atoms with Crippen molar-refractivity contribution in [2.24, 2.45) is 0 Å². The topological polar surface area (TPSA) is 76.7 Å². The zero-order valence-electron chi connectivity index (χ0n) is 14.4. The number of hydrazine groups is 1. The van der Waals surface area contributed by atoms with Gasteiger partial charge < -0.3 is 9.47 Å². The minimum Gasteiger partial charge on any atom is -0.497 e. The van der Waals surface area contributed by atoms with Gasteiger partial charge in [0.25, 0.3) is 5.91 Å². The van der Waals surface area contributed by atoms with E-state index in [1.807, 2.05) is 31.2 Å². The maximum absolute atomic E-state index is 12.0. The number of aryl methyl sites for hydroxylation is 1. The molecule has 0 fully saturated rings. The fraction of sp³-hybridized carbons (Fsp3) is 0.263. The summed E-state index contributed by atoms with van der Waals surface area (Å²) in [4.78, 5) is 23.8. The van der Waals surface area contributed by atoms with Crippen molar-refractivity contribution in [2.75, 3.05) is 13.7 Å². The highest BCUT2D eigenvalue weighted by Gasteiger charge is 2.08. The average molecular weight is 342 g/mol. The first-order chi connectivity index (χ1) is 12.1. The van der Waals surface area contributed by atoms with Gasteiger partial charge >= 0.3 is 0 Å². The summed E-state index contributed by atoms with van der Waals surface area (Å²) >= 11 is 0. The molecular weight excluding hydrogens is 320 g/mol. The van der Waals surface area contributed by atoms with Gasteiger partial charge in [0.15, 0.2) is 0 Å². The lowest BCUT2D eigenvalue weighted by molar-refractivity contribution is -0.121. The van der Waals surface area contributed by atoms with Crippen LogP contribution in [-0.4, -0.2) is 25.5 Å². The summed E-state index contributed by atoms with van der Waals surface area (Å²) < 4.78 is 10.4. The van der Waals surface area contributed by atoms with Crippen molar-refractivity contribution in [3.8, 4) is 11.5 Å². The summed E-state index contributed by atoms with van der Waals surface area (Å²) in [6, 6.07) is 14.2. The van der Waals surface area contributed by atoms with Crippen LogP contribution in [-0.2, 0) is 11.2 Å². The first-order valence-electron chi connectivity index (χ1n) is 8.07. The minimum atomic E-state index is -0.374. The molecule has 2 rings (SSSR count). The maximum Gasteiger partial charge on any atom is 0.269 e. The first kappa shape index (κ1) is 18.3. The molecule has 0 aliphatic rings. The largest absolute Gasteiger partial charge is 0.497 e. The fourth-order valence-corrected chi connectivity index (χ4v) is 2.18. The molecule has 2 amide bonds. The molecule has 0 aromatic heterocycles. The molecule has 6 nitrogen and oxygen atoms in total. The Hall–Kier alpha value is -3.02. The number of methoxy groups -OCH3 is 1. The highest BCUT2D eigenvalue weighted by molar-refractivity contribution is 5.95. The van der Waals surface area contributed by atoms with Crippen LogP contribution in [0.25, 0.3) is 0 Å². The van der Waals surface area contributed by atoms with E-state index in [0.29, 0.717) is 24.3 Å². The van der Waals surface area contributed by atoms with Crippen molar-refractivity contribution in [3.63, 3.8) is 0 Å². The fourth-order valence-electron chi connectivity index (χ4n) is 2.18. The van der Waals surface area contributed by atoms with Crippen molar-refractivity contribution in [2.45, 2.75) is 19.8 Å². The standard InChI is InChI=1S/C19H22N2O4/c1-3-25-17-11-7-15(8-12-17)19(23)21-20-18(22)13-6-14-4-9-16(24-2)10-5-14/h4-5,7-12H,3,6,13H2,1-2H3,(H,20,22)(H,21,23). The van der Waals surface area contributed by atoms with Crippen molar-refractivity contribution in [3.05, 3.63) is 59.7 Å². The van der Waals surface area contributed by atoms with E-state index in [4.69, 9.17) is 9.47 Å². The summed E-state index contributed by atoms with van der Waals surface area (Å²) in [5, 5.41) is 0. The normalized spacial score (nSPS) is 10.0. The van der Waals surface area contributed by atoms with Gasteiger partial charge in [-0.05, 0) is 55.3 Å². The highest BCUT2D eigenvalue weighted by Crippen LogP contribution is 2.13. The summed E-state index contributed by atoms with van der Waals surface area (Å²) in [5.74, 6) is 0.842. The summed E-state index contributed by atoms with van der Waals surface area (Å²) in [6.45, 7) is 2.46. The van der Waals surface area contributed by atoms with Gasteiger partial charge in [0.05, 0.1) is 13.7 Å². The van der Waals surface area contributed by atoms with Gasteiger partial charge in [-0.3, -0.25) is 20.4 Å². The van der Waals surface area contributed by atoms with Crippen molar-refractivity contribution in [1.29, 1.82) is 0 Å². The smallest absolute Gasteiger partial charge is 0.269 e. The third-order valence-electron chi connectivity index (χ3n) is 3.54. The molecule has 2 aromatic rings. The molecule has 25 heavy (non-hydrogen) atoms. The number of benzene rings is 2. The Bertz CT molecular complexity index is 696. The quantitative estimate of drug-likeness (QED) is 0.758. The molecule has 0 atom stereocenters. The van der Waals surface area contributed by atoms with Crippen molar-refractivity contribution < 1.29 is 19.1 Å². The average Bonchev–Trinajstić information content (AvgIpc) is 2.65. The van der Waals surface area contributed by atoms with E-state index in [9.17, 15) is 9.59 Å². The second kappa shape index (κ2) is 9.32. The van der Waals surface area contributed by atoms with Gasteiger partial charge in [0.1, 0.15) is 11.5 Å². The molecule has 0 heterocycles. The van der Waals surface area contributed by atoms with Crippen LogP contribution >= 0.6 is 0 Å². The molecule has 2 aromatic carbocycles. The molecule has 0 saturated carbocycles. The number of rotatable bonds is 7. The minimum absolute atomic E-state index is 0.255. The van der Waals surface area contributed by atoms with Crippen molar-refractivity contribution in [1.82, 2.24) is 10.9 Å². The summed E-state index contributed by atoms with van der Waals surface area (Å²) in [7, 11) is 1.61. The SMILES string of the molecule is CCOc1ccc(C(=O)NNC(=O)CCc2ccc(OC)cc2)cc1. The third kappa shape index (κ3) is 5.84. The van der Waals surface area contributed by atoms with Crippen LogP contribution in [0.15, 0.2) is 48.5 Å². The Morgan fingerprint density at radius 2 is 1.56 bits per heavy atom. The number of ether oxygens (including phenoxy) is 2. The lowest BCUT2D eigenvalue weighted by Crippen LogP contribution is -2.41. The van der Waals surface area contributed by atoms with E-state index in [-0.39, 0.29) is 18.2 Å². The summed E-state index contributed by atoms with van der Waals surface area (Å²) in [6.07, 6.45) is 0.852. The maximum atomic E-state index is 12.0. The van der Waals surface area contributed by atoms with Crippen LogP contribution in [0.3, 0.4) is 0 Å². The Morgan fingerprint density at radius 3 is 2.16 bits per heavy atom. The van der Waals surface area contributed by atoms with E-state index in [0.717, 1.165) is 11.3 Å². The molecule has 0 bridgehead atoms. The van der Waals surface area contributed by atoms with Crippen LogP contribution in [0.2, 0.25) is 0 Å². The summed E-state index contributed by atoms with van der Waals surface area (Å²) in [5.41, 5.74) is 6.29. The number of carbonyl (C=O) groups excluding carboxylic acids is 2. The Kier molecular flexibility index (Phi) is 6.83. The predicted octanol–water partition coefficient (Wildman–Crippen LogP) is 2.49. The molecule has 0 aliphatic carbocycles. The zero-order valence-corrected chi connectivity index (χ0v) is 14.4. The molecule has 6 heteroatoms. The number of hydrogen-bond donors (Lipinski definition) is 2.